The van der Waals surface area contributed by atoms with Crippen molar-refractivity contribution in [3.63, 3.8) is 0 Å². The highest BCUT2D eigenvalue weighted by molar-refractivity contribution is 7.80. The second-order valence-electron chi connectivity index (χ2n) is 6.92. The Labute approximate surface area is 155 Å². The first-order valence-corrected chi connectivity index (χ1v) is 9.29. The molecule has 24 heavy (non-hydrogen) atoms. The van der Waals surface area contributed by atoms with Crippen molar-refractivity contribution in [2.24, 2.45) is 5.92 Å². The highest BCUT2D eigenvalue weighted by Crippen LogP contribution is 2.27. The van der Waals surface area contributed by atoms with Crippen LogP contribution in [0, 0.1) is 19.8 Å². The second-order valence-corrected chi connectivity index (χ2v) is 7.74. The number of hydrogen-bond acceptors (Lipinski definition) is 3. The van der Waals surface area contributed by atoms with Crippen LogP contribution >= 0.6 is 23.8 Å². The predicted molar refractivity (Wildman–Crippen MR) is 106 cm³/mol. The van der Waals surface area contributed by atoms with Crippen LogP contribution in [0.4, 0.5) is 5.69 Å². The average molecular weight is 370 g/mol. The second kappa shape index (κ2) is 8.99. The molecule has 0 aromatic heterocycles. The van der Waals surface area contributed by atoms with Gasteiger partial charge in [0.1, 0.15) is 0 Å². The van der Waals surface area contributed by atoms with E-state index >= 15 is 0 Å². The van der Waals surface area contributed by atoms with Crippen LogP contribution in [0.15, 0.2) is 12.1 Å². The summed E-state index contributed by atoms with van der Waals surface area (Å²) in [4.78, 5) is 2.46. The fourth-order valence-corrected chi connectivity index (χ4v) is 3.58. The van der Waals surface area contributed by atoms with Crippen molar-refractivity contribution in [3.8, 4) is 0 Å². The van der Waals surface area contributed by atoms with Gasteiger partial charge >= 0.3 is 0 Å². The van der Waals surface area contributed by atoms with Crippen LogP contribution < -0.4 is 10.6 Å². The van der Waals surface area contributed by atoms with E-state index in [0.717, 1.165) is 43.1 Å². The minimum absolute atomic E-state index is 0.159. The first-order chi connectivity index (χ1) is 11.3. The van der Waals surface area contributed by atoms with Crippen LogP contribution in [0.1, 0.15) is 25.0 Å². The van der Waals surface area contributed by atoms with Gasteiger partial charge in [-0.3, -0.25) is 4.90 Å². The molecule has 0 aliphatic carbocycles. The third-order valence-corrected chi connectivity index (χ3v) is 4.55. The summed E-state index contributed by atoms with van der Waals surface area (Å²) in [5.74, 6) is 0.672. The van der Waals surface area contributed by atoms with Crippen molar-refractivity contribution in [2.75, 3.05) is 38.1 Å². The molecule has 1 aromatic carbocycles. The fourth-order valence-electron chi connectivity index (χ4n) is 3.02. The average Bonchev–Trinajstić information content (AvgIpc) is 2.48. The number of benzene rings is 1. The molecule has 134 valence electrons. The number of nitrogens with zero attached hydrogens (tertiary/aromatic N) is 1. The van der Waals surface area contributed by atoms with E-state index in [-0.39, 0.29) is 6.10 Å². The Morgan fingerprint density at radius 1 is 1.42 bits per heavy atom. The molecule has 1 fully saturated rings. The molecule has 4 nitrogen and oxygen atoms in total. The van der Waals surface area contributed by atoms with E-state index in [2.05, 4.69) is 35.4 Å². The Kier molecular flexibility index (Phi) is 7.29. The molecule has 0 bridgehead atoms. The number of rotatable bonds is 5. The maximum atomic E-state index is 6.31. The topological polar surface area (TPSA) is 36.5 Å². The Bertz CT molecular complexity index is 556. The molecule has 0 radical (unpaired) electrons. The molecule has 6 heteroatoms. The monoisotopic (exact) mass is 369 g/mol. The smallest absolute Gasteiger partial charge is 0.170 e. The number of thiocarbonyl (C=S) groups is 1. The molecule has 1 atom stereocenters. The Hall–Kier alpha value is -0.880. The minimum Gasteiger partial charge on any atom is -0.374 e. The van der Waals surface area contributed by atoms with Crippen LogP contribution in [-0.2, 0) is 4.74 Å². The summed E-state index contributed by atoms with van der Waals surface area (Å²) in [6.07, 6.45) is 0.159. The van der Waals surface area contributed by atoms with Crippen LogP contribution in [0.5, 0.6) is 0 Å². The van der Waals surface area contributed by atoms with Crippen molar-refractivity contribution in [1.29, 1.82) is 0 Å². The number of anilines is 1. The zero-order valence-corrected chi connectivity index (χ0v) is 16.6. The van der Waals surface area contributed by atoms with Crippen molar-refractivity contribution < 1.29 is 4.74 Å². The van der Waals surface area contributed by atoms with Gasteiger partial charge < -0.3 is 15.4 Å². The summed E-state index contributed by atoms with van der Waals surface area (Å²) >= 11 is 11.7. The number of morpholine rings is 1. The maximum absolute atomic E-state index is 6.31. The molecular weight excluding hydrogens is 342 g/mol. The van der Waals surface area contributed by atoms with Gasteiger partial charge in [-0.05, 0) is 49.2 Å². The number of hydrogen-bond donors (Lipinski definition) is 2. The first-order valence-electron chi connectivity index (χ1n) is 8.50. The summed E-state index contributed by atoms with van der Waals surface area (Å²) < 4.78 is 5.84. The zero-order chi connectivity index (χ0) is 17.7. The van der Waals surface area contributed by atoms with Crippen LogP contribution in [0.3, 0.4) is 0 Å². The molecule has 1 aromatic rings. The summed E-state index contributed by atoms with van der Waals surface area (Å²) in [5.41, 5.74) is 3.09. The third-order valence-electron chi connectivity index (χ3n) is 4.01. The standard InChI is InChI=1S/C18H28ClN3OS/c1-12(2)10-22-5-6-23-15(11-22)9-20-18(24)21-17-14(4)7-13(3)8-16(17)19/h7-8,12,15H,5-6,9-11H2,1-4H3,(H2,20,21,24)/t15-/m0/s1. The number of aryl methyl sites for hydroxylation is 2. The van der Waals surface area contributed by atoms with Gasteiger partial charge in [0, 0.05) is 26.2 Å². The maximum Gasteiger partial charge on any atom is 0.170 e. The quantitative estimate of drug-likeness (QED) is 0.775. The molecule has 0 spiro atoms. The molecule has 1 aliphatic rings. The van der Waals surface area contributed by atoms with Gasteiger partial charge in [0.15, 0.2) is 5.11 Å². The number of nitrogens with one attached hydrogen (secondary N) is 2. The first kappa shape index (κ1) is 19.4. The van der Waals surface area contributed by atoms with Gasteiger partial charge in [0.25, 0.3) is 0 Å². The molecule has 1 heterocycles. The van der Waals surface area contributed by atoms with Crippen LogP contribution in [0.25, 0.3) is 0 Å². The lowest BCUT2D eigenvalue weighted by Crippen LogP contribution is -2.48. The molecule has 1 saturated heterocycles. The van der Waals surface area contributed by atoms with E-state index in [4.69, 9.17) is 28.6 Å². The largest absolute Gasteiger partial charge is 0.374 e. The van der Waals surface area contributed by atoms with Crippen LogP contribution in [0.2, 0.25) is 5.02 Å². The van der Waals surface area contributed by atoms with Crippen molar-refractivity contribution in [3.05, 3.63) is 28.3 Å². The molecule has 1 aliphatic heterocycles. The van der Waals surface area contributed by atoms with Gasteiger partial charge in [-0.25, -0.2) is 0 Å². The van der Waals surface area contributed by atoms with Gasteiger partial charge in [-0.2, -0.15) is 0 Å². The van der Waals surface area contributed by atoms with E-state index in [1.807, 2.05) is 19.9 Å². The van der Waals surface area contributed by atoms with E-state index in [0.29, 0.717) is 22.6 Å². The third kappa shape index (κ3) is 5.88. The molecule has 0 amide bonds. The molecule has 0 unspecified atom stereocenters. The number of ether oxygens (including phenoxy) is 1. The fraction of sp³-hybridized carbons (Fsp3) is 0.611. The molecule has 2 N–H and O–H groups in total. The minimum atomic E-state index is 0.159. The normalized spacial score (nSPS) is 18.7. The van der Waals surface area contributed by atoms with E-state index < -0.39 is 0 Å². The molecule has 2 rings (SSSR count). The van der Waals surface area contributed by atoms with Crippen molar-refractivity contribution in [1.82, 2.24) is 10.2 Å². The molecular formula is C18H28ClN3OS. The highest BCUT2D eigenvalue weighted by Gasteiger charge is 2.21. The van der Waals surface area contributed by atoms with E-state index in [9.17, 15) is 0 Å². The van der Waals surface area contributed by atoms with Crippen molar-refractivity contribution >= 4 is 34.6 Å². The lowest BCUT2D eigenvalue weighted by Gasteiger charge is -2.34. The SMILES string of the molecule is Cc1cc(C)c(NC(=S)NC[C@H]2CN(CC(C)C)CCO2)c(Cl)c1. The van der Waals surface area contributed by atoms with Gasteiger partial charge in [-0.1, -0.05) is 31.5 Å². The highest BCUT2D eigenvalue weighted by atomic mass is 35.5. The van der Waals surface area contributed by atoms with Gasteiger partial charge in [0.2, 0.25) is 0 Å². The van der Waals surface area contributed by atoms with Gasteiger partial charge in [-0.15, -0.1) is 0 Å². The van der Waals surface area contributed by atoms with Gasteiger partial charge in [0.05, 0.1) is 23.4 Å². The van der Waals surface area contributed by atoms with E-state index in [1.54, 1.807) is 0 Å². The summed E-state index contributed by atoms with van der Waals surface area (Å²) in [6.45, 7) is 13.1. The van der Waals surface area contributed by atoms with E-state index in [1.165, 1.54) is 0 Å². The Balaban J connectivity index is 1.83. The van der Waals surface area contributed by atoms with Crippen molar-refractivity contribution in [2.45, 2.75) is 33.8 Å². The Morgan fingerprint density at radius 3 is 2.83 bits per heavy atom. The summed E-state index contributed by atoms with van der Waals surface area (Å²) in [5, 5.41) is 7.73. The Morgan fingerprint density at radius 2 is 2.17 bits per heavy atom. The number of halogens is 1. The lowest BCUT2D eigenvalue weighted by atomic mass is 10.1. The summed E-state index contributed by atoms with van der Waals surface area (Å²) in [7, 11) is 0. The zero-order valence-electron chi connectivity index (χ0n) is 15.0. The lowest BCUT2D eigenvalue weighted by molar-refractivity contribution is -0.0283. The molecule has 0 saturated carbocycles. The van der Waals surface area contributed by atoms with Crippen LogP contribution in [-0.4, -0.2) is 48.9 Å². The predicted octanol–water partition coefficient (Wildman–Crippen LogP) is 3.60. The summed E-state index contributed by atoms with van der Waals surface area (Å²) in [6, 6.07) is 4.03.